The predicted octanol–water partition coefficient (Wildman–Crippen LogP) is 4.77. The molecule has 1 atom stereocenters. The van der Waals surface area contributed by atoms with Crippen molar-refractivity contribution >= 4 is 27.3 Å². The molecule has 2 rings (SSSR count). The highest BCUT2D eigenvalue weighted by Gasteiger charge is 2.12. The Bertz CT molecular complexity index is 556. The van der Waals surface area contributed by atoms with Crippen molar-refractivity contribution in [1.29, 1.82) is 0 Å². The first kappa shape index (κ1) is 14.6. The number of hydrogen-bond donors (Lipinski definition) is 1. The number of rotatable bonds is 5. The van der Waals surface area contributed by atoms with Gasteiger partial charge in [-0.2, -0.15) is 0 Å². The predicted molar refractivity (Wildman–Crippen MR) is 81.9 cm³/mol. The summed E-state index contributed by atoms with van der Waals surface area (Å²) in [6, 6.07) is 4.98. The summed E-state index contributed by atoms with van der Waals surface area (Å²) in [5, 5.41) is 4.35. The van der Waals surface area contributed by atoms with Gasteiger partial charge in [0.2, 0.25) is 0 Å². The molecule has 0 aliphatic carbocycles. The molecule has 1 aromatic carbocycles. The largest absolute Gasteiger partial charge is 0.309 e. The molecule has 0 spiro atoms. The van der Waals surface area contributed by atoms with E-state index in [4.69, 9.17) is 0 Å². The summed E-state index contributed by atoms with van der Waals surface area (Å²) >= 11 is 5.02. The van der Waals surface area contributed by atoms with Crippen molar-refractivity contribution < 1.29 is 4.39 Å². The summed E-state index contributed by atoms with van der Waals surface area (Å²) in [4.78, 5) is 5.63. The third-order valence-electron chi connectivity index (χ3n) is 2.81. The average molecular weight is 343 g/mol. The molecule has 0 bridgehead atoms. The highest BCUT2D eigenvalue weighted by atomic mass is 79.9. The van der Waals surface area contributed by atoms with Crippen LogP contribution in [0.4, 0.5) is 4.39 Å². The van der Waals surface area contributed by atoms with Crippen molar-refractivity contribution in [2.24, 2.45) is 0 Å². The number of aromatic nitrogens is 1. The van der Waals surface area contributed by atoms with Gasteiger partial charge >= 0.3 is 0 Å². The number of halogens is 2. The van der Waals surface area contributed by atoms with Gasteiger partial charge in [0.05, 0.1) is 0 Å². The Hall–Kier alpha value is -0.780. The topological polar surface area (TPSA) is 24.9 Å². The standard InChI is InChI=1S/C14H16BrFN2S/c1-3-6-17-9(2)13-8-18-14(19-13)11-5-4-10(16)7-12(11)15/h4-5,7-9,17H,3,6H2,1-2H3. The zero-order valence-electron chi connectivity index (χ0n) is 10.9. The third-order valence-corrected chi connectivity index (χ3v) is 4.68. The number of hydrogen-bond acceptors (Lipinski definition) is 3. The Morgan fingerprint density at radius 2 is 2.26 bits per heavy atom. The maximum absolute atomic E-state index is 13.1. The third kappa shape index (κ3) is 3.61. The Kier molecular flexibility index (Phi) is 5.07. The molecule has 0 saturated carbocycles. The van der Waals surface area contributed by atoms with E-state index in [-0.39, 0.29) is 5.82 Å². The average Bonchev–Trinajstić information content (AvgIpc) is 2.85. The van der Waals surface area contributed by atoms with Crippen molar-refractivity contribution in [3.05, 3.63) is 39.6 Å². The molecule has 1 heterocycles. The van der Waals surface area contributed by atoms with E-state index in [0.29, 0.717) is 6.04 Å². The number of thiazole rings is 1. The maximum Gasteiger partial charge on any atom is 0.124 e. The Morgan fingerprint density at radius 1 is 1.47 bits per heavy atom. The Morgan fingerprint density at radius 3 is 2.95 bits per heavy atom. The summed E-state index contributed by atoms with van der Waals surface area (Å²) in [6.07, 6.45) is 3.00. The van der Waals surface area contributed by atoms with Gasteiger partial charge in [0.15, 0.2) is 0 Å². The van der Waals surface area contributed by atoms with Gasteiger partial charge in [-0.25, -0.2) is 9.37 Å². The molecule has 1 aromatic heterocycles. The quantitative estimate of drug-likeness (QED) is 0.846. The lowest BCUT2D eigenvalue weighted by Crippen LogP contribution is -2.18. The SMILES string of the molecule is CCCNC(C)c1cnc(-c2ccc(F)cc2Br)s1. The summed E-state index contributed by atoms with van der Waals surface area (Å²) in [5.41, 5.74) is 0.931. The lowest BCUT2D eigenvalue weighted by atomic mass is 10.2. The van der Waals surface area contributed by atoms with Crippen LogP contribution in [0.1, 0.15) is 31.2 Å². The molecule has 1 N–H and O–H groups in total. The molecular formula is C14H16BrFN2S. The van der Waals surface area contributed by atoms with E-state index in [0.717, 1.165) is 28.0 Å². The highest BCUT2D eigenvalue weighted by molar-refractivity contribution is 9.10. The van der Waals surface area contributed by atoms with Gasteiger partial charge in [0, 0.05) is 27.2 Å². The van der Waals surface area contributed by atoms with E-state index in [2.05, 4.69) is 40.1 Å². The fraction of sp³-hybridized carbons (Fsp3) is 0.357. The van der Waals surface area contributed by atoms with E-state index in [1.807, 2.05) is 6.20 Å². The van der Waals surface area contributed by atoms with Crippen LogP contribution in [0.25, 0.3) is 10.6 Å². The maximum atomic E-state index is 13.1. The summed E-state index contributed by atoms with van der Waals surface area (Å²) in [6.45, 7) is 5.27. The van der Waals surface area contributed by atoms with Crippen LogP contribution in [0.15, 0.2) is 28.9 Å². The molecule has 0 aliphatic heterocycles. The summed E-state index contributed by atoms with van der Waals surface area (Å²) < 4.78 is 13.8. The van der Waals surface area contributed by atoms with Crippen LogP contribution < -0.4 is 5.32 Å². The number of nitrogens with zero attached hydrogens (tertiary/aromatic N) is 1. The molecule has 0 radical (unpaired) electrons. The second-order valence-electron chi connectivity index (χ2n) is 4.37. The minimum atomic E-state index is -0.245. The van der Waals surface area contributed by atoms with Crippen LogP contribution in [0.5, 0.6) is 0 Å². The minimum absolute atomic E-state index is 0.245. The lowest BCUT2D eigenvalue weighted by molar-refractivity contribution is 0.577. The van der Waals surface area contributed by atoms with Gasteiger partial charge in [-0.05, 0) is 54.0 Å². The number of nitrogens with one attached hydrogen (secondary N) is 1. The molecule has 2 nitrogen and oxygen atoms in total. The molecule has 0 fully saturated rings. The molecule has 0 aliphatic rings. The molecule has 5 heteroatoms. The fourth-order valence-electron chi connectivity index (χ4n) is 1.74. The smallest absolute Gasteiger partial charge is 0.124 e. The van der Waals surface area contributed by atoms with E-state index < -0.39 is 0 Å². The van der Waals surface area contributed by atoms with E-state index in [1.54, 1.807) is 17.4 Å². The minimum Gasteiger partial charge on any atom is -0.309 e. The zero-order valence-corrected chi connectivity index (χ0v) is 13.3. The normalized spacial score (nSPS) is 12.6. The van der Waals surface area contributed by atoms with Crippen LogP contribution in [0.2, 0.25) is 0 Å². The van der Waals surface area contributed by atoms with E-state index in [9.17, 15) is 4.39 Å². The second-order valence-corrected chi connectivity index (χ2v) is 6.28. The summed E-state index contributed by atoms with van der Waals surface area (Å²) in [5.74, 6) is -0.245. The Labute approximate surface area is 125 Å². The fourth-order valence-corrected chi connectivity index (χ4v) is 3.39. The van der Waals surface area contributed by atoms with Crippen LogP contribution in [0.3, 0.4) is 0 Å². The van der Waals surface area contributed by atoms with Gasteiger partial charge in [0.1, 0.15) is 10.8 Å². The highest BCUT2D eigenvalue weighted by Crippen LogP contribution is 2.33. The van der Waals surface area contributed by atoms with Crippen molar-refractivity contribution in [2.45, 2.75) is 26.3 Å². The van der Waals surface area contributed by atoms with Crippen LogP contribution in [0, 0.1) is 5.82 Å². The molecule has 2 aromatic rings. The lowest BCUT2D eigenvalue weighted by Gasteiger charge is -2.09. The molecule has 0 saturated heterocycles. The van der Waals surface area contributed by atoms with Crippen molar-refractivity contribution in [1.82, 2.24) is 10.3 Å². The molecular weight excluding hydrogens is 327 g/mol. The van der Waals surface area contributed by atoms with Gasteiger partial charge in [-0.1, -0.05) is 6.92 Å². The first-order chi connectivity index (χ1) is 9.11. The zero-order chi connectivity index (χ0) is 13.8. The number of benzene rings is 1. The summed E-state index contributed by atoms with van der Waals surface area (Å²) in [7, 11) is 0. The molecule has 102 valence electrons. The second kappa shape index (κ2) is 6.59. The van der Waals surface area contributed by atoms with Gasteiger partial charge in [-0.3, -0.25) is 0 Å². The van der Waals surface area contributed by atoms with Crippen LogP contribution in [-0.4, -0.2) is 11.5 Å². The first-order valence-corrected chi connectivity index (χ1v) is 7.87. The van der Waals surface area contributed by atoms with Crippen LogP contribution in [-0.2, 0) is 0 Å². The van der Waals surface area contributed by atoms with Crippen molar-refractivity contribution in [3.8, 4) is 10.6 Å². The van der Waals surface area contributed by atoms with Gasteiger partial charge in [0.25, 0.3) is 0 Å². The Balaban J connectivity index is 2.20. The van der Waals surface area contributed by atoms with Crippen molar-refractivity contribution in [2.75, 3.05) is 6.54 Å². The van der Waals surface area contributed by atoms with Crippen LogP contribution >= 0.6 is 27.3 Å². The van der Waals surface area contributed by atoms with E-state index in [1.165, 1.54) is 17.0 Å². The van der Waals surface area contributed by atoms with Gasteiger partial charge < -0.3 is 5.32 Å². The van der Waals surface area contributed by atoms with Crippen molar-refractivity contribution in [3.63, 3.8) is 0 Å². The first-order valence-electron chi connectivity index (χ1n) is 6.26. The van der Waals surface area contributed by atoms with E-state index >= 15 is 0 Å². The molecule has 0 amide bonds. The monoisotopic (exact) mass is 342 g/mol. The molecule has 19 heavy (non-hydrogen) atoms. The van der Waals surface area contributed by atoms with Gasteiger partial charge in [-0.15, -0.1) is 11.3 Å². The molecule has 1 unspecified atom stereocenters.